The summed E-state index contributed by atoms with van der Waals surface area (Å²) in [7, 11) is 1.89. The highest BCUT2D eigenvalue weighted by Gasteiger charge is 2.17. The van der Waals surface area contributed by atoms with Gasteiger partial charge in [-0.05, 0) is 25.7 Å². The molecule has 0 radical (unpaired) electrons. The lowest BCUT2D eigenvalue weighted by atomic mass is 10.2. The van der Waals surface area contributed by atoms with E-state index < -0.39 is 0 Å². The van der Waals surface area contributed by atoms with E-state index in [0.29, 0.717) is 16.3 Å². The predicted octanol–water partition coefficient (Wildman–Crippen LogP) is 3.82. The lowest BCUT2D eigenvalue weighted by molar-refractivity contribution is 0.194. The Morgan fingerprint density at radius 3 is 2.95 bits per heavy atom. The third-order valence-electron chi connectivity index (χ3n) is 2.72. The van der Waals surface area contributed by atoms with Gasteiger partial charge < -0.3 is 10.1 Å². The highest BCUT2D eigenvalue weighted by molar-refractivity contribution is 7.09. The van der Waals surface area contributed by atoms with Crippen LogP contribution in [0, 0.1) is 11.3 Å². The molecule has 2 aromatic rings. The first-order valence-electron chi connectivity index (χ1n) is 6.15. The smallest absolute Gasteiger partial charge is 0.151 e. The summed E-state index contributed by atoms with van der Waals surface area (Å²) in [5.41, 5.74) is 0.473. The van der Waals surface area contributed by atoms with Gasteiger partial charge in [-0.2, -0.15) is 5.26 Å². The zero-order valence-electron chi connectivity index (χ0n) is 11.4. The minimum absolute atomic E-state index is 0. The maximum atomic E-state index is 9.13. The number of halogens is 2. The second kappa shape index (κ2) is 8.85. The Balaban J connectivity index is 0.00000220. The number of hydrogen-bond donors (Lipinski definition) is 1. The molecule has 0 bridgehead atoms. The molecule has 0 spiro atoms. The van der Waals surface area contributed by atoms with Gasteiger partial charge in [0, 0.05) is 29.1 Å². The van der Waals surface area contributed by atoms with Crippen LogP contribution in [0.15, 0.2) is 29.8 Å². The van der Waals surface area contributed by atoms with Crippen molar-refractivity contribution < 1.29 is 4.74 Å². The quantitative estimate of drug-likeness (QED) is 0.866. The molecule has 0 aliphatic rings. The molecule has 0 fully saturated rings. The third-order valence-corrected chi connectivity index (χ3v) is 3.82. The fraction of sp³-hybridized carbons (Fsp3) is 0.286. The Morgan fingerprint density at radius 2 is 2.33 bits per heavy atom. The van der Waals surface area contributed by atoms with Crippen LogP contribution >= 0.6 is 35.3 Å². The summed E-state index contributed by atoms with van der Waals surface area (Å²) in [4.78, 5) is 4.29. The second-order valence-corrected chi connectivity index (χ2v) is 5.48. The normalized spacial score (nSPS) is 11.3. The van der Waals surface area contributed by atoms with Crippen LogP contribution in [-0.2, 0) is 0 Å². The van der Waals surface area contributed by atoms with Gasteiger partial charge in [-0.1, -0.05) is 11.6 Å². The summed E-state index contributed by atoms with van der Waals surface area (Å²) in [5.74, 6) is 0.497. The molecule has 0 aliphatic carbocycles. The van der Waals surface area contributed by atoms with Crippen LogP contribution < -0.4 is 10.1 Å². The molecule has 21 heavy (non-hydrogen) atoms. The summed E-state index contributed by atoms with van der Waals surface area (Å²) in [6.07, 6.45) is 2.33. The van der Waals surface area contributed by atoms with Gasteiger partial charge in [0.05, 0.1) is 5.56 Å². The van der Waals surface area contributed by atoms with E-state index in [2.05, 4.69) is 16.4 Å². The first kappa shape index (κ1) is 17.7. The van der Waals surface area contributed by atoms with Gasteiger partial charge in [-0.15, -0.1) is 23.7 Å². The molecule has 1 heterocycles. The zero-order chi connectivity index (χ0) is 14.4. The molecule has 0 saturated heterocycles. The number of nitrogens with zero attached hydrogens (tertiary/aromatic N) is 2. The Hall–Kier alpha value is -1.32. The van der Waals surface area contributed by atoms with E-state index in [1.807, 2.05) is 12.4 Å². The lowest BCUT2D eigenvalue weighted by Crippen LogP contribution is -2.16. The van der Waals surface area contributed by atoms with Crippen LogP contribution in [-0.4, -0.2) is 18.6 Å². The van der Waals surface area contributed by atoms with Crippen molar-refractivity contribution in [2.24, 2.45) is 0 Å². The molecule has 1 atom stereocenters. The van der Waals surface area contributed by atoms with Gasteiger partial charge in [0.1, 0.15) is 16.8 Å². The number of nitriles is 1. The number of aromatic nitrogens is 1. The molecule has 1 N–H and O–H groups in total. The van der Waals surface area contributed by atoms with Gasteiger partial charge in [0.25, 0.3) is 0 Å². The first-order chi connectivity index (χ1) is 9.74. The van der Waals surface area contributed by atoms with Crippen LogP contribution in [0.25, 0.3) is 0 Å². The zero-order valence-corrected chi connectivity index (χ0v) is 13.8. The molecule has 1 aromatic carbocycles. The summed E-state index contributed by atoms with van der Waals surface area (Å²) in [6.45, 7) is 0.798. The molecule has 1 aromatic heterocycles. The predicted molar refractivity (Wildman–Crippen MR) is 87.4 cm³/mol. The van der Waals surface area contributed by atoms with Crippen LogP contribution in [0.1, 0.15) is 23.1 Å². The highest BCUT2D eigenvalue weighted by Crippen LogP contribution is 2.30. The largest absolute Gasteiger partial charge is 0.482 e. The van der Waals surface area contributed by atoms with Crippen molar-refractivity contribution in [3.8, 4) is 11.8 Å². The minimum atomic E-state index is -0.187. The van der Waals surface area contributed by atoms with E-state index in [4.69, 9.17) is 21.6 Å². The molecular weight excluding hydrogens is 329 g/mol. The monoisotopic (exact) mass is 343 g/mol. The highest BCUT2D eigenvalue weighted by atomic mass is 35.5. The Morgan fingerprint density at radius 1 is 1.52 bits per heavy atom. The van der Waals surface area contributed by atoms with Crippen LogP contribution in [0.5, 0.6) is 5.75 Å². The number of rotatable bonds is 6. The summed E-state index contributed by atoms with van der Waals surface area (Å²) in [5, 5.41) is 15.6. The first-order valence-corrected chi connectivity index (χ1v) is 7.40. The molecule has 7 heteroatoms. The van der Waals surface area contributed by atoms with E-state index in [0.717, 1.165) is 18.0 Å². The van der Waals surface area contributed by atoms with Crippen LogP contribution in [0.4, 0.5) is 0 Å². The van der Waals surface area contributed by atoms with E-state index in [-0.39, 0.29) is 18.5 Å². The Kier molecular flexibility index (Phi) is 7.48. The molecule has 0 unspecified atom stereocenters. The average Bonchev–Trinajstić information content (AvgIpc) is 2.97. The van der Waals surface area contributed by atoms with Crippen LogP contribution in [0.3, 0.4) is 0 Å². The summed E-state index contributed by atoms with van der Waals surface area (Å²) >= 11 is 7.51. The maximum absolute atomic E-state index is 9.13. The number of benzene rings is 1. The SMILES string of the molecule is CNCC[C@@H](Oc1cc(Cl)ccc1C#N)c1nccs1.Cl. The van der Waals surface area contributed by atoms with Crippen molar-refractivity contribution in [2.45, 2.75) is 12.5 Å². The van der Waals surface area contributed by atoms with Gasteiger partial charge in [-0.25, -0.2) is 4.98 Å². The molecular formula is C14H15Cl2N3OS. The lowest BCUT2D eigenvalue weighted by Gasteiger charge is -2.18. The van der Waals surface area contributed by atoms with Crippen LogP contribution in [0.2, 0.25) is 5.02 Å². The summed E-state index contributed by atoms with van der Waals surface area (Å²) in [6, 6.07) is 7.12. The van der Waals surface area contributed by atoms with Gasteiger partial charge in [0.2, 0.25) is 0 Å². The van der Waals surface area contributed by atoms with Gasteiger partial charge >= 0.3 is 0 Å². The number of ether oxygens (including phenoxy) is 1. The van der Waals surface area contributed by atoms with Crippen molar-refractivity contribution in [3.63, 3.8) is 0 Å². The molecule has 112 valence electrons. The van der Waals surface area contributed by atoms with E-state index in [1.54, 1.807) is 24.4 Å². The van der Waals surface area contributed by atoms with E-state index >= 15 is 0 Å². The fourth-order valence-electron chi connectivity index (χ4n) is 1.74. The summed E-state index contributed by atoms with van der Waals surface area (Å²) < 4.78 is 5.96. The minimum Gasteiger partial charge on any atom is -0.482 e. The van der Waals surface area contributed by atoms with E-state index in [1.165, 1.54) is 11.3 Å². The topological polar surface area (TPSA) is 57.9 Å². The molecule has 4 nitrogen and oxygen atoms in total. The Labute approximate surface area is 139 Å². The van der Waals surface area contributed by atoms with Crippen molar-refractivity contribution in [1.82, 2.24) is 10.3 Å². The van der Waals surface area contributed by atoms with Crippen molar-refractivity contribution in [3.05, 3.63) is 45.4 Å². The molecule has 0 amide bonds. The standard InChI is InChI=1S/C14H14ClN3OS.ClH/c1-17-5-4-12(14-18-6-7-20-14)19-13-8-11(15)3-2-10(13)9-16;/h2-3,6-8,12,17H,4-5H2,1H3;1H/t12-;/m1./s1. The Bertz CT molecular complexity index is 599. The van der Waals surface area contributed by atoms with Gasteiger partial charge in [0.15, 0.2) is 6.10 Å². The maximum Gasteiger partial charge on any atom is 0.151 e. The second-order valence-electron chi connectivity index (χ2n) is 4.12. The molecule has 0 aliphatic heterocycles. The van der Waals surface area contributed by atoms with Crippen molar-refractivity contribution in [2.75, 3.05) is 13.6 Å². The number of hydrogen-bond acceptors (Lipinski definition) is 5. The van der Waals surface area contributed by atoms with Gasteiger partial charge in [-0.3, -0.25) is 0 Å². The number of thiazole rings is 1. The molecule has 2 rings (SSSR count). The van der Waals surface area contributed by atoms with E-state index in [9.17, 15) is 0 Å². The third kappa shape index (κ3) is 4.87. The van der Waals surface area contributed by atoms with Crippen molar-refractivity contribution in [1.29, 1.82) is 5.26 Å². The fourth-order valence-corrected chi connectivity index (χ4v) is 2.60. The average molecular weight is 344 g/mol. The molecule has 0 saturated carbocycles. The van der Waals surface area contributed by atoms with Crippen molar-refractivity contribution >= 4 is 35.3 Å². The number of nitrogens with one attached hydrogen (secondary N) is 1.